The molecule has 164 valence electrons. The van der Waals surface area contributed by atoms with Crippen molar-refractivity contribution in [2.24, 2.45) is 0 Å². The van der Waals surface area contributed by atoms with E-state index in [2.05, 4.69) is 67.6 Å². The first-order valence-electron chi connectivity index (χ1n) is 12.2. The topological polar surface area (TPSA) is 21.5 Å². The molecule has 0 spiro atoms. The Morgan fingerprint density at radius 1 is 0.903 bits per heavy atom. The quantitative estimate of drug-likeness (QED) is 0.365. The molecular formula is C27H36NO2Si+. The van der Waals surface area contributed by atoms with E-state index in [4.69, 9.17) is 9.16 Å². The van der Waals surface area contributed by atoms with Gasteiger partial charge < -0.3 is 9.16 Å². The fourth-order valence-corrected chi connectivity index (χ4v) is 11.1. The van der Waals surface area contributed by atoms with Gasteiger partial charge in [0.25, 0.3) is 15.0 Å². The van der Waals surface area contributed by atoms with E-state index >= 15 is 0 Å². The average molecular weight is 435 g/mol. The summed E-state index contributed by atoms with van der Waals surface area (Å²) >= 11 is 0. The molecule has 31 heavy (non-hydrogen) atoms. The van der Waals surface area contributed by atoms with Crippen LogP contribution >= 0.6 is 0 Å². The standard InChI is InChI=1S/C27H36NO2Si/c1-20-9-8-10-21(2)27(20)28-18-22-17-23(15-16-26(22)29-19-28)30-31(3,24-11-4-5-12-24)25-13-6-7-14-25/h8-10,15-18,24-25H,4-7,11-14,19H2,1-3H3/q+1. The largest absolute Gasteiger partial charge is 0.543 e. The van der Waals surface area contributed by atoms with Gasteiger partial charge in [0.1, 0.15) is 11.5 Å². The number of nitrogens with zero attached hydrogens (tertiary/aromatic N) is 1. The summed E-state index contributed by atoms with van der Waals surface area (Å²) in [4.78, 5) is 0. The van der Waals surface area contributed by atoms with Gasteiger partial charge in [0.2, 0.25) is 5.69 Å². The number of rotatable bonds is 5. The second kappa shape index (κ2) is 8.46. The van der Waals surface area contributed by atoms with E-state index in [1.807, 2.05) is 0 Å². The summed E-state index contributed by atoms with van der Waals surface area (Å²) in [5.74, 6) is 2.01. The molecule has 0 saturated heterocycles. The molecule has 2 aromatic rings. The first-order chi connectivity index (χ1) is 15.0. The maximum Gasteiger partial charge on any atom is 0.292 e. The zero-order chi connectivity index (χ0) is 21.4. The van der Waals surface area contributed by atoms with Gasteiger partial charge in [-0.3, -0.25) is 0 Å². The monoisotopic (exact) mass is 434 g/mol. The zero-order valence-corrected chi connectivity index (χ0v) is 20.3. The Morgan fingerprint density at radius 3 is 2.13 bits per heavy atom. The molecule has 0 N–H and O–H groups in total. The van der Waals surface area contributed by atoms with Gasteiger partial charge in [-0.25, -0.2) is 0 Å². The highest BCUT2D eigenvalue weighted by molar-refractivity contribution is 6.76. The van der Waals surface area contributed by atoms with Crippen molar-refractivity contribution in [3.63, 3.8) is 0 Å². The molecule has 0 amide bonds. The van der Waals surface area contributed by atoms with E-state index < -0.39 is 8.32 Å². The first kappa shape index (κ1) is 20.8. The molecule has 4 heteroatoms. The summed E-state index contributed by atoms with van der Waals surface area (Å²) in [6.07, 6.45) is 13.3. The van der Waals surface area contributed by atoms with E-state index in [0.29, 0.717) is 6.73 Å². The molecule has 2 aromatic carbocycles. The summed E-state index contributed by atoms with van der Waals surface area (Å²) < 4.78 is 15.4. The molecule has 0 unspecified atom stereocenters. The first-order valence-corrected chi connectivity index (χ1v) is 14.7. The van der Waals surface area contributed by atoms with E-state index in [0.717, 1.165) is 28.1 Å². The molecule has 1 aliphatic heterocycles. The SMILES string of the molecule is Cc1cccc(C)c1[N+]1=Cc2cc(O[Si](C)(C3CCCC3)C3CCCC3)ccc2OC1. The molecule has 2 aliphatic carbocycles. The molecule has 2 saturated carbocycles. The van der Waals surface area contributed by atoms with Crippen LogP contribution in [0.5, 0.6) is 11.5 Å². The van der Waals surface area contributed by atoms with Crippen LogP contribution in [0.2, 0.25) is 17.6 Å². The number of hydrogen-bond donors (Lipinski definition) is 0. The summed E-state index contributed by atoms with van der Waals surface area (Å²) in [6.45, 7) is 7.44. The number of fused-ring (bicyclic) bond motifs is 1. The number of para-hydroxylation sites is 1. The van der Waals surface area contributed by atoms with Gasteiger partial charge in [-0.2, -0.15) is 4.58 Å². The van der Waals surface area contributed by atoms with Gasteiger partial charge in [-0.05, 0) is 75.4 Å². The maximum atomic E-state index is 7.07. The van der Waals surface area contributed by atoms with Crippen LogP contribution in [0.25, 0.3) is 0 Å². The maximum absolute atomic E-state index is 7.07. The van der Waals surface area contributed by atoms with E-state index in [1.165, 1.54) is 68.2 Å². The summed E-state index contributed by atoms with van der Waals surface area (Å²) in [6, 6.07) is 13.0. The van der Waals surface area contributed by atoms with E-state index in [9.17, 15) is 0 Å². The van der Waals surface area contributed by atoms with Crippen molar-refractivity contribution in [1.82, 2.24) is 0 Å². The molecule has 3 nitrogen and oxygen atoms in total. The Balaban J connectivity index is 1.47. The van der Waals surface area contributed by atoms with Crippen molar-refractivity contribution in [2.45, 2.75) is 82.8 Å². The third-order valence-corrected chi connectivity index (χ3v) is 13.1. The molecule has 5 rings (SSSR count). The lowest BCUT2D eigenvalue weighted by molar-refractivity contribution is -0.477. The smallest absolute Gasteiger partial charge is 0.292 e. The minimum Gasteiger partial charge on any atom is -0.543 e. The normalized spacial score (nSPS) is 19.8. The fraction of sp³-hybridized carbons (Fsp3) is 0.519. The van der Waals surface area contributed by atoms with Crippen molar-refractivity contribution < 1.29 is 13.7 Å². The lowest BCUT2D eigenvalue weighted by atomic mass is 10.1. The highest BCUT2D eigenvalue weighted by atomic mass is 28.4. The van der Waals surface area contributed by atoms with Crippen LogP contribution in [-0.4, -0.2) is 25.8 Å². The van der Waals surface area contributed by atoms with Gasteiger partial charge in [-0.15, -0.1) is 0 Å². The Labute approximate surface area is 188 Å². The van der Waals surface area contributed by atoms with Gasteiger partial charge in [0.15, 0.2) is 6.21 Å². The zero-order valence-electron chi connectivity index (χ0n) is 19.3. The summed E-state index contributed by atoms with van der Waals surface area (Å²) in [5, 5.41) is 0. The highest BCUT2D eigenvalue weighted by Gasteiger charge is 2.49. The van der Waals surface area contributed by atoms with Crippen LogP contribution in [0.1, 0.15) is 68.1 Å². The summed E-state index contributed by atoms with van der Waals surface area (Å²) in [5.41, 5.74) is 6.56. The molecule has 0 radical (unpaired) electrons. The Morgan fingerprint density at radius 2 is 1.52 bits per heavy atom. The number of benzene rings is 2. The molecule has 2 fully saturated rings. The van der Waals surface area contributed by atoms with Crippen LogP contribution in [0.15, 0.2) is 36.4 Å². The molecular weight excluding hydrogens is 398 g/mol. The minimum atomic E-state index is -1.84. The van der Waals surface area contributed by atoms with Gasteiger partial charge in [-0.1, -0.05) is 43.9 Å². The van der Waals surface area contributed by atoms with Crippen molar-refractivity contribution in [3.8, 4) is 11.5 Å². The van der Waals surface area contributed by atoms with E-state index in [1.54, 1.807) is 0 Å². The minimum absolute atomic E-state index is 0.551. The lowest BCUT2D eigenvalue weighted by Gasteiger charge is -2.38. The second-order valence-electron chi connectivity index (χ2n) is 10.1. The van der Waals surface area contributed by atoms with E-state index in [-0.39, 0.29) is 0 Å². The van der Waals surface area contributed by atoms with Gasteiger partial charge in [0, 0.05) is 11.1 Å². The van der Waals surface area contributed by atoms with Crippen molar-refractivity contribution in [2.75, 3.05) is 6.73 Å². The summed E-state index contributed by atoms with van der Waals surface area (Å²) in [7, 11) is -1.84. The van der Waals surface area contributed by atoms with Crippen LogP contribution < -0.4 is 9.16 Å². The third kappa shape index (κ3) is 3.95. The number of aryl methyl sites for hydroxylation is 2. The molecule has 0 bridgehead atoms. The molecule has 3 aliphatic rings. The van der Waals surface area contributed by atoms with Crippen LogP contribution in [0.3, 0.4) is 0 Å². The molecule has 0 atom stereocenters. The Bertz CT molecular complexity index is 950. The van der Waals surface area contributed by atoms with Crippen LogP contribution in [-0.2, 0) is 0 Å². The molecule has 0 aromatic heterocycles. The predicted molar refractivity (Wildman–Crippen MR) is 130 cm³/mol. The third-order valence-electron chi connectivity index (χ3n) is 8.03. The Kier molecular flexibility index (Phi) is 5.68. The fourth-order valence-electron chi connectivity index (χ4n) is 6.31. The van der Waals surface area contributed by atoms with Crippen LogP contribution in [0, 0.1) is 13.8 Å². The van der Waals surface area contributed by atoms with Crippen molar-refractivity contribution >= 4 is 20.2 Å². The average Bonchev–Trinajstić information content (AvgIpc) is 3.48. The van der Waals surface area contributed by atoms with Crippen molar-refractivity contribution in [3.05, 3.63) is 53.1 Å². The second-order valence-corrected chi connectivity index (χ2v) is 14.3. The highest BCUT2D eigenvalue weighted by Crippen LogP contribution is 2.50. The predicted octanol–water partition coefficient (Wildman–Crippen LogP) is 7.26. The van der Waals surface area contributed by atoms with Crippen molar-refractivity contribution in [1.29, 1.82) is 0 Å². The number of hydrogen-bond acceptors (Lipinski definition) is 2. The lowest BCUT2D eigenvalue weighted by Crippen LogP contribution is -2.46. The number of ether oxygens (including phenoxy) is 1. The molecule has 1 heterocycles. The van der Waals surface area contributed by atoms with Gasteiger partial charge >= 0.3 is 0 Å². The Hall–Kier alpha value is -2.07. The van der Waals surface area contributed by atoms with Crippen LogP contribution in [0.4, 0.5) is 5.69 Å². The van der Waals surface area contributed by atoms with Gasteiger partial charge in [0.05, 0.1) is 5.56 Å².